The molecule has 108 valence electrons. The maximum Gasteiger partial charge on any atom is 0.416 e. The fraction of sp³-hybridized carbons (Fsp3) is 0.333. The number of rotatable bonds is 2. The number of amides is 1. The van der Waals surface area contributed by atoms with Crippen LogP contribution in [0.4, 0.5) is 23.2 Å². The predicted molar refractivity (Wildman–Crippen MR) is 59.5 cm³/mol. The van der Waals surface area contributed by atoms with E-state index in [9.17, 15) is 27.2 Å². The number of hydrogen-bond donors (Lipinski definition) is 1. The highest BCUT2D eigenvalue weighted by Crippen LogP contribution is 2.34. The Balaban J connectivity index is 2.31. The summed E-state index contributed by atoms with van der Waals surface area (Å²) in [4.78, 5) is 23.2. The lowest BCUT2D eigenvalue weighted by Gasteiger charge is -2.18. The summed E-state index contributed by atoms with van der Waals surface area (Å²) >= 11 is 0. The van der Waals surface area contributed by atoms with E-state index in [1.165, 1.54) is 0 Å². The van der Waals surface area contributed by atoms with Crippen LogP contribution in [0.1, 0.15) is 12.0 Å². The standard InChI is InChI=1S/C12H9F4NO3/c13-8-4-7(12(14,15)16)1-2-9(8)17-5-6(11(19)20)3-10(17)18/h1-2,4,6H,3,5H2,(H,19,20). The second-order valence-electron chi connectivity index (χ2n) is 4.41. The molecule has 0 bridgehead atoms. The average Bonchev–Trinajstić information content (AvgIpc) is 2.70. The van der Waals surface area contributed by atoms with Crippen LogP contribution in [-0.4, -0.2) is 23.5 Å². The number of alkyl halides is 3. The maximum atomic E-state index is 13.7. The van der Waals surface area contributed by atoms with Gasteiger partial charge in [0.1, 0.15) is 5.82 Å². The van der Waals surface area contributed by atoms with E-state index in [2.05, 4.69) is 0 Å². The normalized spacial score (nSPS) is 19.5. The Bertz CT molecular complexity index is 570. The molecule has 1 N–H and O–H groups in total. The number of carbonyl (C=O) groups excluding carboxylic acids is 1. The number of carboxylic acid groups (broad SMARTS) is 1. The number of carboxylic acids is 1. The van der Waals surface area contributed by atoms with Gasteiger partial charge in [-0.05, 0) is 18.2 Å². The van der Waals surface area contributed by atoms with Crippen LogP contribution in [0.3, 0.4) is 0 Å². The Labute approximate surface area is 110 Å². The average molecular weight is 291 g/mol. The Hall–Kier alpha value is -2.12. The van der Waals surface area contributed by atoms with Crippen molar-refractivity contribution in [1.29, 1.82) is 0 Å². The molecule has 1 aromatic carbocycles. The largest absolute Gasteiger partial charge is 0.481 e. The van der Waals surface area contributed by atoms with Crippen molar-refractivity contribution in [1.82, 2.24) is 0 Å². The van der Waals surface area contributed by atoms with Crippen molar-refractivity contribution >= 4 is 17.6 Å². The number of hydrogen-bond acceptors (Lipinski definition) is 2. The first-order chi connectivity index (χ1) is 9.20. The Morgan fingerprint density at radius 3 is 2.45 bits per heavy atom. The third-order valence-electron chi connectivity index (χ3n) is 3.04. The summed E-state index contributed by atoms with van der Waals surface area (Å²) in [6, 6.07) is 1.77. The number of aliphatic carboxylic acids is 1. The molecule has 1 amide bonds. The lowest BCUT2D eigenvalue weighted by atomic mass is 10.1. The molecule has 1 heterocycles. The van der Waals surface area contributed by atoms with Crippen molar-refractivity contribution < 1.29 is 32.3 Å². The lowest BCUT2D eigenvalue weighted by Crippen LogP contribution is -2.26. The van der Waals surface area contributed by atoms with Gasteiger partial charge in [-0.1, -0.05) is 0 Å². The van der Waals surface area contributed by atoms with Gasteiger partial charge in [-0.2, -0.15) is 13.2 Å². The van der Waals surface area contributed by atoms with Crippen LogP contribution in [0.2, 0.25) is 0 Å². The van der Waals surface area contributed by atoms with Crippen molar-refractivity contribution in [3.63, 3.8) is 0 Å². The number of nitrogens with zero attached hydrogens (tertiary/aromatic N) is 1. The van der Waals surface area contributed by atoms with Crippen molar-refractivity contribution in [3.8, 4) is 0 Å². The van der Waals surface area contributed by atoms with E-state index in [-0.39, 0.29) is 24.7 Å². The SMILES string of the molecule is O=C(O)C1CC(=O)N(c2ccc(C(F)(F)F)cc2F)C1. The van der Waals surface area contributed by atoms with E-state index in [0.717, 1.165) is 11.0 Å². The van der Waals surface area contributed by atoms with Crippen LogP contribution < -0.4 is 4.90 Å². The molecule has 1 aliphatic heterocycles. The van der Waals surface area contributed by atoms with Gasteiger partial charge in [0.25, 0.3) is 0 Å². The van der Waals surface area contributed by atoms with Gasteiger partial charge >= 0.3 is 12.1 Å². The second-order valence-corrected chi connectivity index (χ2v) is 4.41. The van der Waals surface area contributed by atoms with E-state index in [1.807, 2.05) is 0 Å². The number of anilines is 1. The van der Waals surface area contributed by atoms with E-state index in [0.29, 0.717) is 6.07 Å². The molecule has 4 nitrogen and oxygen atoms in total. The van der Waals surface area contributed by atoms with Gasteiger partial charge in [0.15, 0.2) is 0 Å². The molecule has 0 aliphatic carbocycles. The van der Waals surface area contributed by atoms with Gasteiger partial charge in [-0.15, -0.1) is 0 Å². The van der Waals surface area contributed by atoms with Gasteiger partial charge < -0.3 is 10.0 Å². The highest BCUT2D eigenvalue weighted by molar-refractivity contribution is 5.99. The fourth-order valence-electron chi connectivity index (χ4n) is 2.01. The molecule has 0 saturated carbocycles. The van der Waals surface area contributed by atoms with E-state index >= 15 is 0 Å². The molecule has 1 unspecified atom stereocenters. The molecule has 8 heteroatoms. The predicted octanol–water partition coefficient (Wildman–Crippen LogP) is 2.28. The molecule has 0 aromatic heterocycles. The Kier molecular flexibility index (Phi) is 3.41. The highest BCUT2D eigenvalue weighted by Gasteiger charge is 2.37. The lowest BCUT2D eigenvalue weighted by molar-refractivity contribution is -0.141. The van der Waals surface area contributed by atoms with Crippen LogP contribution >= 0.6 is 0 Å². The number of benzene rings is 1. The molecule has 20 heavy (non-hydrogen) atoms. The zero-order valence-electron chi connectivity index (χ0n) is 9.95. The maximum absolute atomic E-state index is 13.7. The molecule has 0 spiro atoms. The van der Waals surface area contributed by atoms with Crippen molar-refractivity contribution in [2.45, 2.75) is 12.6 Å². The second kappa shape index (κ2) is 4.77. The molecular weight excluding hydrogens is 282 g/mol. The summed E-state index contributed by atoms with van der Waals surface area (Å²) in [5, 5.41) is 8.79. The van der Waals surface area contributed by atoms with E-state index in [4.69, 9.17) is 5.11 Å². The third kappa shape index (κ3) is 2.59. The van der Waals surface area contributed by atoms with Gasteiger partial charge in [0.05, 0.1) is 17.2 Å². The number of carbonyl (C=O) groups is 2. The van der Waals surface area contributed by atoms with Crippen molar-refractivity contribution in [3.05, 3.63) is 29.6 Å². The topological polar surface area (TPSA) is 57.6 Å². The zero-order chi connectivity index (χ0) is 15.1. The third-order valence-corrected chi connectivity index (χ3v) is 3.04. The monoisotopic (exact) mass is 291 g/mol. The first kappa shape index (κ1) is 14.3. The quantitative estimate of drug-likeness (QED) is 0.850. The summed E-state index contributed by atoms with van der Waals surface area (Å²) in [5.41, 5.74) is -1.51. The summed E-state index contributed by atoms with van der Waals surface area (Å²) < 4.78 is 50.9. The molecule has 2 rings (SSSR count). The van der Waals surface area contributed by atoms with Crippen LogP contribution in [0.25, 0.3) is 0 Å². The smallest absolute Gasteiger partial charge is 0.416 e. The van der Waals surface area contributed by atoms with Crippen LogP contribution in [0, 0.1) is 11.7 Å². The minimum atomic E-state index is -4.68. The summed E-state index contributed by atoms with van der Waals surface area (Å²) in [5.74, 6) is -4.02. The molecule has 1 saturated heterocycles. The molecule has 1 atom stereocenters. The van der Waals surface area contributed by atoms with Gasteiger partial charge in [-0.25, -0.2) is 4.39 Å². The summed E-state index contributed by atoms with van der Waals surface area (Å²) in [6.45, 7) is -0.254. The van der Waals surface area contributed by atoms with Crippen LogP contribution in [0.5, 0.6) is 0 Å². The van der Waals surface area contributed by atoms with Crippen molar-refractivity contribution in [2.24, 2.45) is 5.92 Å². The Morgan fingerprint density at radius 1 is 1.35 bits per heavy atom. The fourth-order valence-corrected chi connectivity index (χ4v) is 2.01. The molecular formula is C12H9F4NO3. The van der Waals surface area contributed by atoms with Crippen molar-refractivity contribution in [2.75, 3.05) is 11.4 Å². The van der Waals surface area contributed by atoms with Gasteiger partial charge in [0.2, 0.25) is 5.91 Å². The van der Waals surface area contributed by atoms with E-state index < -0.39 is 35.4 Å². The molecule has 0 radical (unpaired) electrons. The van der Waals surface area contributed by atoms with Crippen LogP contribution in [-0.2, 0) is 15.8 Å². The van der Waals surface area contributed by atoms with E-state index in [1.54, 1.807) is 0 Å². The molecule has 1 aromatic rings. The number of halogens is 4. The van der Waals surface area contributed by atoms with Crippen LogP contribution in [0.15, 0.2) is 18.2 Å². The van der Waals surface area contributed by atoms with Gasteiger partial charge in [0, 0.05) is 13.0 Å². The summed E-state index contributed by atoms with van der Waals surface area (Å²) in [6.07, 6.45) is -4.98. The summed E-state index contributed by atoms with van der Waals surface area (Å²) in [7, 11) is 0. The first-order valence-corrected chi connectivity index (χ1v) is 5.60. The first-order valence-electron chi connectivity index (χ1n) is 5.60. The highest BCUT2D eigenvalue weighted by atomic mass is 19.4. The van der Waals surface area contributed by atoms with Gasteiger partial charge in [-0.3, -0.25) is 9.59 Å². The molecule has 1 aliphatic rings. The zero-order valence-corrected chi connectivity index (χ0v) is 9.95. The molecule has 1 fully saturated rings. The minimum Gasteiger partial charge on any atom is -0.481 e. The minimum absolute atomic E-state index is 0.254. The Morgan fingerprint density at radius 2 is 2.00 bits per heavy atom.